The largest absolute Gasteiger partial charge is 0.369 e. The molecule has 0 radical (unpaired) electrons. The summed E-state index contributed by atoms with van der Waals surface area (Å²) in [7, 11) is 0. The Bertz CT molecular complexity index is 1010. The molecule has 0 unspecified atom stereocenters. The maximum absolute atomic E-state index is 12.7. The summed E-state index contributed by atoms with van der Waals surface area (Å²) < 4.78 is 1.89. The SMILES string of the molecule is Cc1nc2c(cnn2C(C)C)cc1C(=O)NCCN1CCN(c2ccccc2)CC1. The monoisotopic (exact) mass is 406 g/mol. The van der Waals surface area contributed by atoms with Gasteiger partial charge in [-0.2, -0.15) is 5.10 Å². The average Bonchev–Trinajstić information content (AvgIpc) is 3.17. The van der Waals surface area contributed by atoms with Crippen LogP contribution in [0.1, 0.15) is 35.9 Å². The molecular formula is C23H30N6O. The Kier molecular flexibility index (Phi) is 5.99. The number of amides is 1. The van der Waals surface area contributed by atoms with E-state index in [-0.39, 0.29) is 11.9 Å². The van der Waals surface area contributed by atoms with Crippen molar-refractivity contribution in [3.8, 4) is 0 Å². The Balaban J connectivity index is 1.30. The number of anilines is 1. The predicted molar refractivity (Wildman–Crippen MR) is 120 cm³/mol. The quantitative estimate of drug-likeness (QED) is 0.682. The van der Waals surface area contributed by atoms with Crippen molar-refractivity contribution < 1.29 is 4.79 Å². The first-order chi connectivity index (χ1) is 14.5. The number of rotatable bonds is 6. The highest BCUT2D eigenvalue weighted by molar-refractivity contribution is 5.98. The molecule has 1 fully saturated rings. The van der Waals surface area contributed by atoms with Gasteiger partial charge in [-0.3, -0.25) is 9.69 Å². The summed E-state index contributed by atoms with van der Waals surface area (Å²) in [6.45, 7) is 11.6. The van der Waals surface area contributed by atoms with Crippen molar-refractivity contribution >= 4 is 22.6 Å². The van der Waals surface area contributed by atoms with Crippen LogP contribution in [0.2, 0.25) is 0 Å². The summed E-state index contributed by atoms with van der Waals surface area (Å²) >= 11 is 0. The van der Waals surface area contributed by atoms with Crippen LogP contribution < -0.4 is 10.2 Å². The van der Waals surface area contributed by atoms with Crippen LogP contribution in [0.4, 0.5) is 5.69 Å². The molecule has 0 spiro atoms. The van der Waals surface area contributed by atoms with Gasteiger partial charge in [0.1, 0.15) is 0 Å². The van der Waals surface area contributed by atoms with Gasteiger partial charge in [-0.25, -0.2) is 9.67 Å². The third-order valence-electron chi connectivity index (χ3n) is 5.70. The van der Waals surface area contributed by atoms with Crippen LogP contribution in [-0.4, -0.2) is 64.8 Å². The van der Waals surface area contributed by atoms with E-state index < -0.39 is 0 Å². The number of carbonyl (C=O) groups excluding carboxylic acids is 1. The van der Waals surface area contributed by atoms with Gasteiger partial charge in [-0.05, 0) is 39.0 Å². The Morgan fingerprint density at radius 1 is 1.13 bits per heavy atom. The van der Waals surface area contributed by atoms with E-state index in [1.54, 1.807) is 6.20 Å². The smallest absolute Gasteiger partial charge is 0.253 e. The molecule has 2 aromatic heterocycles. The molecule has 30 heavy (non-hydrogen) atoms. The summed E-state index contributed by atoms with van der Waals surface area (Å²) in [5, 5.41) is 8.36. The maximum Gasteiger partial charge on any atom is 0.253 e. The average molecular weight is 407 g/mol. The van der Waals surface area contributed by atoms with Gasteiger partial charge >= 0.3 is 0 Å². The summed E-state index contributed by atoms with van der Waals surface area (Å²) in [6, 6.07) is 12.7. The minimum atomic E-state index is -0.0675. The Hall–Kier alpha value is -2.93. The highest BCUT2D eigenvalue weighted by Crippen LogP contribution is 2.19. The second-order valence-corrected chi connectivity index (χ2v) is 8.14. The Morgan fingerprint density at radius 3 is 2.57 bits per heavy atom. The first-order valence-electron chi connectivity index (χ1n) is 10.7. The van der Waals surface area contributed by atoms with Gasteiger partial charge in [0.25, 0.3) is 5.91 Å². The van der Waals surface area contributed by atoms with Crippen LogP contribution in [0.15, 0.2) is 42.6 Å². The highest BCUT2D eigenvalue weighted by atomic mass is 16.1. The lowest BCUT2D eigenvalue weighted by Gasteiger charge is -2.36. The molecular weight excluding hydrogens is 376 g/mol. The maximum atomic E-state index is 12.7. The molecule has 1 aromatic carbocycles. The van der Waals surface area contributed by atoms with E-state index in [2.05, 4.69) is 63.3 Å². The number of fused-ring (bicyclic) bond motifs is 1. The number of nitrogens with zero attached hydrogens (tertiary/aromatic N) is 5. The van der Waals surface area contributed by atoms with Crippen molar-refractivity contribution in [1.82, 2.24) is 25.0 Å². The minimum absolute atomic E-state index is 0.0675. The second kappa shape index (κ2) is 8.83. The van der Waals surface area contributed by atoms with E-state index in [4.69, 9.17) is 0 Å². The van der Waals surface area contributed by atoms with Gasteiger partial charge in [-0.1, -0.05) is 18.2 Å². The number of pyridine rings is 1. The third kappa shape index (κ3) is 4.31. The fourth-order valence-electron chi connectivity index (χ4n) is 3.96. The van der Waals surface area contributed by atoms with Crippen LogP contribution in [0.25, 0.3) is 11.0 Å². The van der Waals surface area contributed by atoms with Crippen LogP contribution in [-0.2, 0) is 0 Å². The van der Waals surface area contributed by atoms with Crippen molar-refractivity contribution in [2.45, 2.75) is 26.8 Å². The summed E-state index contributed by atoms with van der Waals surface area (Å²) in [4.78, 5) is 22.2. The number of para-hydroxylation sites is 1. The van der Waals surface area contributed by atoms with Gasteiger partial charge in [0, 0.05) is 56.4 Å². The van der Waals surface area contributed by atoms with Crippen molar-refractivity contribution in [3.63, 3.8) is 0 Å². The molecule has 7 heteroatoms. The molecule has 1 aliphatic heterocycles. The molecule has 3 heterocycles. The third-order valence-corrected chi connectivity index (χ3v) is 5.70. The lowest BCUT2D eigenvalue weighted by atomic mass is 10.1. The van der Waals surface area contributed by atoms with Gasteiger partial charge in [-0.15, -0.1) is 0 Å². The van der Waals surface area contributed by atoms with Crippen LogP contribution in [0.3, 0.4) is 0 Å². The molecule has 1 saturated heterocycles. The van der Waals surface area contributed by atoms with Crippen LogP contribution >= 0.6 is 0 Å². The molecule has 4 rings (SSSR count). The van der Waals surface area contributed by atoms with Crippen molar-refractivity contribution in [2.75, 3.05) is 44.2 Å². The number of carbonyl (C=O) groups is 1. The molecule has 158 valence electrons. The van der Waals surface area contributed by atoms with E-state index in [1.165, 1.54) is 5.69 Å². The highest BCUT2D eigenvalue weighted by Gasteiger charge is 2.18. The fraction of sp³-hybridized carbons (Fsp3) is 0.435. The van der Waals surface area contributed by atoms with Gasteiger partial charge in [0.15, 0.2) is 5.65 Å². The van der Waals surface area contributed by atoms with Crippen LogP contribution in [0, 0.1) is 6.92 Å². The zero-order valence-electron chi connectivity index (χ0n) is 18.0. The fourth-order valence-corrected chi connectivity index (χ4v) is 3.96. The number of aromatic nitrogens is 3. The number of nitrogens with one attached hydrogen (secondary N) is 1. The van der Waals surface area contributed by atoms with E-state index in [1.807, 2.05) is 23.7 Å². The predicted octanol–water partition coefficient (Wildman–Crippen LogP) is 2.87. The molecule has 1 aliphatic rings. The van der Waals surface area contributed by atoms with Crippen molar-refractivity contribution in [3.05, 3.63) is 53.9 Å². The lowest BCUT2D eigenvalue weighted by molar-refractivity contribution is 0.0947. The summed E-state index contributed by atoms with van der Waals surface area (Å²) in [5.74, 6) is -0.0675. The normalized spacial score (nSPS) is 15.1. The Morgan fingerprint density at radius 2 is 1.87 bits per heavy atom. The van der Waals surface area contributed by atoms with Gasteiger partial charge in [0.2, 0.25) is 0 Å². The van der Waals surface area contributed by atoms with Crippen LogP contribution in [0.5, 0.6) is 0 Å². The first kappa shape index (κ1) is 20.3. The van der Waals surface area contributed by atoms with Gasteiger partial charge in [0.05, 0.1) is 17.5 Å². The number of benzene rings is 1. The first-order valence-corrected chi connectivity index (χ1v) is 10.7. The number of hydrogen-bond donors (Lipinski definition) is 1. The lowest BCUT2D eigenvalue weighted by Crippen LogP contribution is -2.48. The standard InChI is InChI=1S/C23H30N6O/c1-17(2)29-22-19(16-25-29)15-21(18(3)26-22)23(30)24-9-10-27-11-13-28(14-12-27)20-7-5-4-6-8-20/h4-8,15-17H,9-14H2,1-3H3,(H,24,30). The molecule has 0 atom stereocenters. The summed E-state index contributed by atoms with van der Waals surface area (Å²) in [5.41, 5.74) is 3.47. The molecule has 1 amide bonds. The van der Waals surface area contributed by atoms with Crippen molar-refractivity contribution in [1.29, 1.82) is 0 Å². The number of hydrogen-bond acceptors (Lipinski definition) is 5. The van der Waals surface area contributed by atoms with E-state index in [9.17, 15) is 4.79 Å². The molecule has 7 nitrogen and oxygen atoms in total. The zero-order valence-corrected chi connectivity index (χ0v) is 18.0. The number of piperazine rings is 1. The number of aryl methyl sites for hydroxylation is 1. The summed E-state index contributed by atoms with van der Waals surface area (Å²) in [6.07, 6.45) is 1.78. The van der Waals surface area contributed by atoms with E-state index in [0.717, 1.165) is 49.5 Å². The second-order valence-electron chi connectivity index (χ2n) is 8.14. The van der Waals surface area contributed by atoms with Gasteiger partial charge < -0.3 is 10.2 Å². The zero-order chi connectivity index (χ0) is 21.1. The molecule has 0 saturated carbocycles. The molecule has 0 aliphatic carbocycles. The topological polar surface area (TPSA) is 66.3 Å². The van der Waals surface area contributed by atoms with Crippen molar-refractivity contribution in [2.24, 2.45) is 0 Å². The molecule has 0 bridgehead atoms. The Labute approximate surface area is 177 Å². The minimum Gasteiger partial charge on any atom is -0.369 e. The van der Waals surface area contributed by atoms with E-state index >= 15 is 0 Å². The van der Waals surface area contributed by atoms with E-state index in [0.29, 0.717) is 12.1 Å². The molecule has 1 N–H and O–H groups in total. The molecule has 3 aromatic rings.